The normalized spacial score (nSPS) is 10.7. The van der Waals surface area contributed by atoms with Crippen molar-refractivity contribution in [2.24, 2.45) is 0 Å². The van der Waals surface area contributed by atoms with Crippen molar-refractivity contribution in [3.05, 3.63) is 40.5 Å². The van der Waals surface area contributed by atoms with Gasteiger partial charge in [-0.3, -0.25) is 4.98 Å². The van der Waals surface area contributed by atoms with Gasteiger partial charge in [0.2, 0.25) is 5.13 Å². The van der Waals surface area contributed by atoms with E-state index in [0.717, 1.165) is 40.2 Å². The van der Waals surface area contributed by atoms with Gasteiger partial charge in [-0.05, 0) is 18.6 Å². The Labute approximate surface area is 131 Å². The highest BCUT2D eigenvalue weighted by Crippen LogP contribution is 2.24. The van der Waals surface area contributed by atoms with Crippen LogP contribution in [-0.4, -0.2) is 26.7 Å². The van der Waals surface area contributed by atoms with Crippen molar-refractivity contribution in [1.29, 1.82) is 0 Å². The summed E-state index contributed by atoms with van der Waals surface area (Å²) in [5.41, 5.74) is 0.857. The quantitative estimate of drug-likeness (QED) is 0.756. The second-order valence-electron chi connectivity index (χ2n) is 4.38. The van der Waals surface area contributed by atoms with E-state index in [2.05, 4.69) is 32.4 Å². The maximum atomic E-state index is 4.41. The molecule has 0 saturated carbocycles. The number of aryl methyl sites for hydroxylation is 1. The van der Waals surface area contributed by atoms with Gasteiger partial charge >= 0.3 is 0 Å². The van der Waals surface area contributed by atoms with E-state index < -0.39 is 0 Å². The average Bonchev–Trinajstić information content (AvgIpc) is 3.17. The van der Waals surface area contributed by atoms with E-state index >= 15 is 0 Å². The van der Waals surface area contributed by atoms with Crippen molar-refractivity contribution in [1.82, 2.24) is 20.2 Å². The molecule has 0 amide bonds. The Balaban J connectivity index is 1.55. The molecule has 7 heteroatoms. The molecule has 3 aromatic heterocycles. The molecule has 0 unspecified atom stereocenters. The summed E-state index contributed by atoms with van der Waals surface area (Å²) in [5, 5.41) is 14.4. The van der Waals surface area contributed by atoms with Gasteiger partial charge < -0.3 is 5.32 Å². The van der Waals surface area contributed by atoms with Crippen LogP contribution in [0.4, 0.5) is 5.13 Å². The van der Waals surface area contributed by atoms with Gasteiger partial charge in [-0.1, -0.05) is 24.3 Å². The first kappa shape index (κ1) is 14.1. The van der Waals surface area contributed by atoms with E-state index in [1.165, 1.54) is 16.2 Å². The minimum absolute atomic E-state index is 0.813. The first-order chi connectivity index (χ1) is 10.3. The van der Waals surface area contributed by atoms with Crippen LogP contribution in [0, 0.1) is 0 Å². The van der Waals surface area contributed by atoms with Crippen molar-refractivity contribution in [3.63, 3.8) is 0 Å². The molecule has 3 aromatic rings. The lowest BCUT2D eigenvalue weighted by Gasteiger charge is -1.98. The zero-order chi connectivity index (χ0) is 14.5. The second-order valence-corrected chi connectivity index (χ2v) is 6.56. The Morgan fingerprint density at radius 1 is 1.14 bits per heavy atom. The van der Waals surface area contributed by atoms with E-state index in [0.29, 0.717) is 0 Å². The molecular formula is C14H15N5S2. The molecule has 0 spiro atoms. The van der Waals surface area contributed by atoms with E-state index in [-0.39, 0.29) is 0 Å². The molecule has 5 nitrogen and oxygen atoms in total. The van der Waals surface area contributed by atoms with Crippen LogP contribution in [0.25, 0.3) is 10.7 Å². The Kier molecular flexibility index (Phi) is 4.52. The molecule has 0 fully saturated rings. The largest absolute Gasteiger partial charge is 0.360 e. The van der Waals surface area contributed by atoms with Gasteiger partial charge in [0.25, 0.3) is 0 Å². The van der Waals surface area contributed by atoms with Crippen molar-refractivity contribution in [2.45, 2.75) is 19.8 Å². The standard InChI is InChI=1S/C14H15N5S2/c1-2-10-9-17-12(20-10)6-8-16-14-19-18-13(21-14)11-5-3-4-7-15-11/h3-5,7,9H,2,6,8H2,1H3,(H,16,19). The number of anilines is 1. The Hall–Kier alpha value is -1.86. The van der Waals surface area contributed by atoms with Gasteiger partial charge in [0, 0.05) is 30.2 Å². The number of aromatic nitrogens is 4. The zero-order valence-corrected chi connectivity index (χ0v) is 13.2. The van der Waals surface area contributed by atoms with Crippen molar-refractivity contribution in [3.8, 4) is 10.7 Å². The Morgan fingerprint density at radius 3 is 2.86 bits per heavy atom. The third kappa shape index (κ3) is 3.62. The molecule has 0 atom stereocenters. The van der Waals surface area contributed by atoms with Gasteiger partial charge in [-0.2, -0.15) is 0 Å². The zero-order valence-electron chi connectivity index (χ0n) is 11.6. The first-order valence-electron chi connectivity index (χ1n) is 6.77. The Morgan fingerprint density at radius 2 is 2.10 bits per heavy atom. The van der Waals surface area contributed by atoms with E-state index in [9.17, 15) is 0 Å². The summed E-state index contributed by atoms with van der Waals surface area (Å²) in [6.45, 7) is 2.96. The van der Waals surface area contributed by atoms with Crippen LogP contribution in [0.2, 0.25) is 0 Å². The van der Waals surface area contributed by atoms with E-state index in [1.54, 1.807) is 17.5 Å². The number of rotatable bonds is 6. The fourth-order valence-corrected chi connectivity index (χ4v) is 3.40. The number of pyridine rings is 1. The molecule has 0 aromatic carbocycles. The van der Waals surface area contributed by atoms with E-state index in [1.807, 2.05) is 24.4 Å². The SMILES string of the molecule is CCc1cnc(CCNc2nnc(-c3ccccn3)s2)s1. The molecule has 0 radical (unpaired) electrons. The van der Waals surface area contributed by atoms with Crippen LogP contribution < -0.4 is 5.32 Å². The number of hydrogen-bond donors (Lipinski definition) is 1. The number of nitrogens with one attached hydrogen (secondary N) is 1. The van der Waals surface area contributed by atoms with Crippen molar-refractivity contribution < 1.29 is 0 Å². The van der Waals surface area contributed by atoms with Gasteiger partial charge in [-0.15, -0.1) is 21.5 Å². The predicted octanol–water partition coefficient (Wildman–Crippen LogP) is 3.27. The molecule has 0 aliphatic carbocycles. The molecule has 0 bridgehead atoms. The predicted molar refractivity (Wildman–Crippen MR) is 86.8 cm³/mol. The highest BCUT2D eigenvalue weighted by Gasteiger charge is 2.07. The second kappa shape index (κ2) is 6.73. The van der Waals surface area contributed by atoms with Crippen LogP contribution >= 0.6 is 22.7 Å². The van der Waals surface area contributed by atoms with Gasteiger partial charge in [0.15, 0.2) is 5.01 Å². The Bertz CT molecular complexity index is 692. The molecule has 0 aliphatic heterocycles. The van der Waals surface area contributed by atoms with Crippen LogP contribution in [-0.2, 0) is 12.8 Å². The monoisotopic (exact) mass is 317 g/mol. The third-order valence-electron chi connectivity index (χ3n) is 2.87. The summed E-state index contributed by atoms with van der Waals surface area (Å²) in [4.78, 5) is 10.0. The summed E-state index contributed by atoms with van der Waals surface area (Å²) in [6, 6.07) is 5.78. The molecule has 3 heterocycles. The molecule has 21 heavy (non-hydrogen) atoms. The van der Waals surface area contributed by atoms with Crippen LogP contribution in [0.15, 0.2) is 30.6 Å². The first-order valence-corrected chi connectivity index (χ1v) is 8.41. The summed E-state index contributed by atoms with van der Waals surface area (Å²) < 4.78 is 0. The van der Waals surface area contributed by atoms with Gasteiger partial charge in [-0.25, -0.2) is 4.98 Å². The van der Waals surface area contributed by atoms with Gasteiger partial charge in [0.05, 0.1) is 5.01 Å². The molecule has 108 valence electrons. The van der Waals surface area contributed by atoms with Crippen molar-refractivity contribution >= 4 is 27.8 Å². The fraction of sp³-hybridized carbons (Fsp3) is 0.286. The molecule has 3 rings (SSSR count). The van der Waals surface area contributed by atoms with Crippen LogP contribution in [0.5, 0.6) is 0 Å². The van der Waals surface area contributed by atoms with Crippen LogP contribution in [0.3, 0.4) is 0 Å². The number of thiazole rings is 1. The lowest BCUT2D eigenvalue weighted by atomic mass is 10.4. The lowest BCUT2D eigenvalue weighted by Crippen LogP contribution is -2.04. The molecule has 0 saturated heterocycles. The summed E-state index contributed by atoms with van der Waals surface area (Å²) in [5.74, 6) is 0. The maximum absolute atomic E-state index is 4.41. The summed E-state index contributed by atoms with van der Waals surface area (Å²) in [6.07, 6.45) is 5.68. The molecular weight excluding hydrogens is 302 g/mol. The average molecular weight is 317 g/mol. The summed E-state index contributed by atoms with van der Waals surface area (Å²) >= 11 is 3.29. The highest BCUT2D eigenvalue weighted by molar-refractivity contribution is 7.18. The van der Waals surface area contributed by atoms with Crippen molar-refractivity contribution in [2.75, 3.05) is 11.9 Å². The minimum Gasteiger partial charge on any atom is -0.360 e. The number of nitrogens with zero attached hydrogens (tertiary/aromatic N) is 4. The summed E-state index contributed by atoms with van der Waals surface area (Å²) in [7, 11) is 0. The molecule has 1 N–H and O–H groups in total. The van der Waals surface area contributed by atoms with E-state index in [4.69, 9.17) is 0 Å². The highest BCUT2D eigenvalue weighted by atomic mass is 32.1. The minimum atomic E-state index is 0.813. The number of hydrogen-bond acceptors (Lipinski definition) is 7. The lowest BCUT2D eigenvalue weighted by molar-refractivity contribution is 0.979. The fourth-order valence-electron chi connectivity index (χ4n) is 1.79. The van der Waals surface area contributed by atoms with Crippen LogP contribution in [0.1, 0.15) is 16.8 Å². The van der Waals surface area contributed by atoms with Gasteiger partial charge in [0.1, 0.15) is 5.69 Å². The topological polar surface area (TPSA) is 63.6 Å². The smallest absolute Gasteiger partial charge is 0.206 e. The maximum Gasteiger partial charge on any atom is 0.206 e. The molecule has 0 aliphatic rings. The third-order valence-corrected chi connectivity index (χ3v) is 4.98.